The highest BCUT2D eigenvalue weighted by atomic mass is 32.1. The summed E-state index contributed by atoms with van der Waals surface area (Å²) in [5.74, 6) is -0.0644. The highest BCUT2D eigenvalue weighted by Gasteiger charge is 2.28. The van der Waals surface area contributed by atoms with Gasteiger partial charge < -0.3 is 5.32 Å². The molecule has 1 aliphatic rings. The molecule has 0 unspecified atom stereocenters. The number of likely N-dealkylation sites (N-methyl/N-ethyl adjacent to an activating group) is 1. The SMILES string of the molecule is CCN1C(=O)/C(=C/c2cccc3ccccc23)NC1=S. The van der Waals surface area contributed by atoms with Gasteiger partial charge in [-0.1, -0.05) is 42.5 Å². The van der Waals surface area contributed by atoms with Crippen molar-refractivity contribution in [3.8, 4) is 0 Å². The number of benzene rings is 2. The molecule has 3 rings (SSSR count). The van der Waals surface area contributed by atoms with Crippen LogP contribution in [0.15, 0.2) is 48.2 Å². The predicted molar refractivity (Wildman–Crippen MR) is 85.0 cm³/mol. The predicted octanol–water partition coefficient (Wildman–Crippen LogP) is 2.92. The Morgan fingerprint density at radius 2 is 1.95 bits per heavy atom. The van der Waals surface area contributed by atoms with Crippen molar-refractivity contribution in [2.75, 3.05) is 6.54 Å². The van der Waals surface area contributed by atoms with Crippen LogP contribution in [-0.4, -0.2) is 22.5 Å². The summed E-state index contributed by atoms with van der Waals surface area (Å²) in [5, 5.41) is 5.74. The summed E-state index contributed by atoms with van der Waals surface area (Å²) >= 11 is 5.16. The number of carbonyl (C=O) groups excluding carboxylic acids is 1. The first kappa shape index (κ1) is 12.8. The first-order valence-electron chi connectivity index (χ1n) is 6.53. The second-order valence-electron chi connectivity index (χ2n) is 4.61. The number of nitrogens with zero attached hydrogens (tertiary/aromatic N) is 1. The van der Waals surface area contributed by atoms with Crippen LogP contribution in [0.4, 0.5) is 0 Å². The molecule has 2 aromatic rings. The average molecular weight is 282 g/mol. The highest BCUT2D eigenvalue weighted by Crippen LogP contribution is 2.22. The van der Waals surface area contributed by atoms with E-state index in [0.717, 1.165) is 16.3 Å². The van der Waals surface area contributed by atoms with Gasteiger partial charge in [-0.15, -0.1) is 0 Å². The number of hydrogen-bond donors (Lipinski definition) is 1. The van der Waals surface area contributed by atoms with Gasteiger partial charge in [0.2, 0.25) is 0 Å². The number of amides is 1. The summed E-state index contributed by atoms with van der Waals surface area (Å²) in [4.78, 5) is 13.8. The van der Waals surface area contributed by atoms with E-state index in [4.69, 9.17) is 12.2 Å². The fourth-order valence-corrected chi connectivity index (χ4v) is 2.71. The molecule has 4 heteroatoms. The van der Waals surface area contributed by atoms with Gasteiger partial charge in [-0.25, -0.2) is 0 Å². The van der Waals surface area contributed by atoms with E-state index in [0.29, 0.717) is 17.4 Å². The van der Waals surface area contributed by atoms with E-state index in [1.807, 2.05) is 37.3 Å². The lowest BCUT2D eigenvalue weighted by atomic mass is 10.0. The van der Waals surface area contributed by atoms with Crippen molar-refractivity contribution in [3.63, 3.8) is 0 Å². The second kappa shape index (κ2) is 5.06. The Kier molecular flexibility index (Phi) is 3.24. The Morgan fingerprint density at radius 3 is 2.70 bits per heavy atom. The van der Waals surface area contributed by atoms with Crippen LogP contribution in [0, 0.1) is 0 Å². The van der Waals surface area contributed by atoms with Crippen LogP contribution in [0.3, 0.4) is 0 Å². The van der Waals surface area contributed by atoms with Crippen LogP contribution in [0.25, 0.3) is 16.8 Å². The number of rotatable bonds is 2. The van der Waals surface area contributed by atoms with Gasteiger partial charge in [0.05, 0.1) is 0 Å². The lowest BCUT2D eigenvalue weighted by molar-refractivity contribution is -0.122. The topological polar surface area (TPSA) is 32.3 Å². The minimum atomic E-state index is -0.0644. The van der Waals surface area contributed by atoms with E-state index in [9.17, 15) is 4.79 Å². The van der Waals surface area contributed by atoms with Crippen LogP contribution in [0.2, 0.25) is 0 Å². The summed E-state index contributed by atoms with van der Waals surface area (Å²) in [6, 6.07) is 14.2. The molecule has 0 radical (unpaired) electrons. The molecule has 0 aliphatic carbocycles. The smallest absolute Gasteiger partial charge is 0.276 e. The maximum atomic E-state index is 12.2. The van der Waals surface area contributed by atoms with Crippen LogP contribution < -0.4 is 5.32 Å². The summed E-state index contributed by atoms with van der Waals surface area (Å²) in [5.41, 5.74) is 1.55. The van der Waals surface area contributed by atoms with E-state index in [1.165, 1.54) is 0 Å². The first-order chi connectivity index (χ1) is 9.70. The zero-order valence-corrected chi connectivity index (χ0v) is 11.9. The number of carbonyl (C=O) groups is 1. The maximum Gasteiger partial charge on any atom is 0.276 e. The summed E-state index contributed by atoms with van der Waals surface area (Å²) in [6.45, 7) is 2.49. The molecule has 2 aromatic carbocycles. The normalized spacial score (nSPS) is 17.1. The van der Waals surface area contributed by atoms with Crippen molar-refractivity contribution in [1.82, 2.24) is 10.2 Å². The third-order valence-electron chi connectivity index (χ3n) is 3.40. The Hall–Kier alpha value is -2.20. The molecule has 0 spiro atoms. The first-order valence-corrected chi connectivity index (χ1v) is 6.94. The van der Waals surface area contributed by atoms with E-state index in [2.05, 4.69) is 23.5 Å². The number of nitrogens with one attached hydrogen (secondary N) is 1. The van der Waals surface area contributed by atoms with Crippen LogP contribution >= 0.6 is 12.2 Å². The van der Waals surface area contributed by atoms with Gasteiger partial charge in [-0.05, 0) is 41.6 Å². The largest absolute Gasteiger partial charge is 0.328 e. The van der Waals surface area contributed by atoms with Gasteiger partial charge in [0.25, 0.3) is 5.91 Å². The number of thiocarbonyl (C=S) groups is 1. The Morgan fingerprint density at radius 1 is 1.20 bits per heavy atom. The molecule has 1 heterocycles. The van der Waals surface area contributed by atoms with Crippen molar-refractivity contribution in [1.29, 1.82) is 0 Å². The molecule has 3 nitrogen and oxygen atoms in total. The number of fused-ring (bicyclic) bond motifs is 1. The summed E-state index contributed by atoms with van der Waals surface area (Å²) < 4.78 is 0. The minimum Gasteiger partial charge on any atom is -0.328 e. The van der Waals surface area contributed by atoms with Crippen molar-refractivity contribution < 1.29 is 4.79 Å². The molecule has 1 amide bonds. The quantitative estimate of drug-likeness (QED) is 0.679. The fraction of sp³-hybridized carbons (Fsp3) is 0.125. The summed E-state index contributed by atoms with van der Waals surface area (Å²) in [6.07, 6.45) is 1.87. The molecule has 20 heavy (non-hydrogen) atoms. The molecule has 1 aliphatic heterocycles. The molecule has 100 valence electrons. The molecule has 0 aromatic heterocycles. The fourth-order valence-electron chi connectivity index (χ4n) is 2.39. The molecule has 0 saturated carbocycles. The lowest BCUT2D eigenvalue weighted by Crippen LogP contribution is -2.30. The summed E-state index contributed by atoms with van der Waals surface area (Å²) in [7, 11) is 0. The molecule has 0 atom stereocenters. The zero-order valence-electron chi connectivity index (χ0n) is 11.1. The molecule has 0 bridgehead atoms. The lowest BCUT2D eigenvalue weighted by Gasteiger charge is -2.08. The minimum absolute atomic E-state index is 0.0644. The van der Waals surface area contributed by atoms with E-state index >= 15 is 0 Å². The molecule has 1 saturated heterocycles. The monoisotopic (exact) mass is 282 g/mol. The molecule has 1 N–H and O–H groups in total. The van der Waals surface area contributed by atoms with Crippen LogP contribution in [0.1, 0.15) is 12.5 Å². The van der Waals surface area contributed by atoms with E-state index < -0.39 is 0 Å². The van der Waals surface area contributed by atoms with Crippen molar-refractivity contribution in [2.45, 2.75) is 6.92 Å². The van der Waals surface area contributed by atoms with Gasteiger partial charge in [0.15, 0.2) is 5.11 Å². The Balaban J connectivity index is 2.07. The Labute approximate surface area is 122 Å². The molecular weight excluding hydrogens is 268 g/mol. The van der Waals surface area contributed by atoms with Gasteiger partial charge in [0, 0.05) is 6.54 Å². The van der Waals surface area contributed by atoms with E-state index in [-0.39, 0.29) is 5.91 Å². The molecular formula is C16H14N2OS. The molecule has 1 fully saturated rings. The van der Waals surface area contributed by atoms with Crippen molar-refractivity contribution >= 4 is 40.1 Å². The van der Waals surface area contributed by atoms with Gasteiger partial charge in [-0.2, -0.15) is 0 Å². The number of hydrogen-bond acceptors (Lipinski definition) is 2. The average Bonchev–Trinajstić information content (AvgIpc) is 2.73. The van der Waals surface area contributed by atoms with Gasteiger partial charge in [-0.3, -0.25) is 9.69 Å². The van der Waals surface area contributed by atoms with Gasteiger partial charge in [0.1, 0.15) is 5.70 Å². The van der Waals surface area contributed by atoms with Crippen LogP contribution in [-0.2, 0) is 4.79 Å². The Bertz CT molecular complexity index is 731. The van der Waals surface area contributed by atoms with Crippen molar-refractivity contribution in [2.24, 2.45) is 0 Å². The van der Waals surface area contributed by atoms with Gasteiger partial charge >= 0.3 is 0 Å². The van der Waals surface area contributed by atoms with E-state index in [1.54, 1.807) is 4.90 Å². The standard InChI is InChI=1S/C16H14N2OS/c1-2-18-15(19)14(17-16(18)20)10-12-8-5-7-11-6-3-4-9-13(11)12/h3-10H,2H2,1H3,(H,17,20)/b14-10-. The third-order valence-corrected chi connectivity index (χ3v) is 3.72. The second-order valence-corrected chi connectivity index (χ2v) is 4.99. The zero-order chi connectivity index (χ0) is 14.1. The van der Waals surface area contributed by atoms with Crippen LogP contribution in [0.5, 0.6) is 0 Å². The third kappa shape index (κ3) is 2.08. The highest BCUT2D eigenvalue weighted by molar-refractivity contribution is 7.80. The maximum absolute atomic E-state index is 12.2. The van der Waals surface area contributed by atoms with Crippen molar-refractivity contribution in [3.05, 3.63) is 53.7 Å².